The molecule has 0 radical (unpaired) electrons. The van der Waals surface area contributed by atoms with Crippen LogP contribution in [0, 0.1) is 0 Å². The fourth-order valence-electron chi connectivity index (χ4n) is 2.28. The number of rotatable bonds is 2. The number of anilines is 1. The molecule has 2 rings (SSSR count). The van der Waals surface area contributed by atoms with E-state index in [0.717, 1.165) is 12.8 Å². The largest absolute Gasteiger partial charge is 0.476 e. The van der Waals surface area contributed by atoms with E-state index in [1.54, 1.807) is 0 Å². The molecule has 5 heteroatoms. The Morgan fingerprint density at radius 1 is 1.50 bits per heavy atom. The molecule has 1 fully saturated rings. The summed E-state index contributed by atoms with van der Waals surface area (Å²) in [6.45, 7) is 4.22. The summed E-state index contributed by atoms with van der Waals surface area (Å²) < 4.78 is 5.24. The SMILES string of the molecule is C[C@@H]1CCC[C@H](C)N1c1nc(C(=O)O)co1. The standard InChI is InChI=1S/C11H16N2O3/c1-7-4-3-5-8(2)13(7)11-12-9(6-16-11)10(14)15/h6-8H,3-5H2,1-2H3,(H,14,15)/t7-,8+. The maximum absolute atomic E-state index is 10.7. The first-order valence-corrected chi connectivity index (χ1v) is 5.56. The lowest BCUT2D eigenvalue weighted by atomic mass is 9.98. The van der Waals surface area contributed by atoms with E-state index < -0.39 is 5.97 Å². The second kappa shape index (κ2) is 4.15. The zero-order chi connectivity index (χ0) is 11.7. The van der Waals surface area contributed by atoms with Gasteiger partial charge in [0.05, 0.1) is 0 Å². The van der Waals surface area contributed by atoms with E-state index in [1.165, 1.54) is 12.7 Å². The predicted octanol–water partition coefficient (Wildman–Crippen LogP) is 2.14. The molecular formula is C11H16N2O3. The molecule has 0 spiro atoms. The Balaban J connectivity index is 2.23. The van der Waals surface area contributed by atoms with Gasteiger partial charge in [0.1, 0.15) is 6.26 Å². The van der Waals surface area contributed by atoms with Crippen molar-refractivity contribution in [3.8, 4) is 0 Å². The molecule has 0 unspecified atom stereocenters. The quantitative estimate of drug-likeness (QED) is 0.833. The van der Waals surface area contributed by atoms with Crippen molar-refractivity contribution in [3.05, 3.63) is 12.0 Å². The first kappa shape index (κ1) is 11.0. The lowest BCUT2D eigenvalue weighted by molar-refractivity contribution is 0.0690. The number of piperidine rings is 1. The van der Waals surface area contributed by atoms with Crippen LogP contribution in [-0.4, -0.2) is 28.1 Å². The smallest absolute Gasteiger partial charge is 0.357 e. The van der Waals surface area contributed by atoms with Gasteiger partial charge in [0.25, 0.3) is 6.01 Å². The topological polar surface area (TPSA) is 66.6 Å². The van der Waals surface area contributed by atoms with Crippen molar-refractivity contribution in [3.63, 3.8) is 0 Å². The highest BCUT2D eigenvalue weighted by Gasteiger charge is 2.28. The van der Waals surface area contributed by atoms with Gasteiger partial charge in [0, 0.05) is 12.1 Å². The third-order valence-corrected chi connectivity index (χ3v) is 3.13. The summed E-state index contributed by atoms with van der Waals surface area (Å²) in [7, 11) is 0. The van der Waals surface area contributed by atoms with Crippen molar-refractivity contribution in [1.29, 1.82) is 0 Å². The molecule has 0 aromatic carbocycles. The van der Waals surface area contributed by atoms with Gasteiger partial charge in [-0.05, 0) is 33.1 Å². The molecular weight excluding hydrogens is 208 g/mol. The number of aromatic nitrogens is 1. The summed E-state index contributed by atoms with van der Waals surface area (Å²) >= 11 is 0. The number of hydrogen-bond donors (Lipinski definition) is 1. The summed E-state index contributed by atoms with van der Waals surface area (Å²) in [5.74, 6) is -1.05. The number of carbonyl (C=O) groups is 1. The Labute approximate surface area is 94.1 Å². The van der Waals surface area contributed by atoms with Crippen LogP contribution in [0.25, 0.3) is 0 Å². The van der Waals surface area contributed by atoms with E-state index in [1.807, 2.05) is 0 Å². The molecule has 2 atom stereocenters. The normalized spacial score (nSPS) is 25.8. The van der Waals surface area contributed by atoms with Crippen LogP contribution in [0.3, 0.4) is 0 Å². The van der Waals surface area contributed by atoms with Crippen LogP contribution in [0.15, 0.2) is 10.7 Å². The highest BCUT2D eigenvalue weighted by molar-refractivity contribution is 5.85. The molecule has 1 aromatic heterocycles. The fourth-order valence-corrected chi connectivity index (χ4v) is 2.28. The molecule has 16 heavy (non-hydrogen) atoms. The molecule has 1 saturated heterocycles. The summed E-state index contributed by atoms with van der Waals surface area (Å²) in [5.41, 5.74) is -0.0278. The minimum atomic E-state index is -1.05. The second-order valence-electron chi connectivity index (χ2n) is 4.36. The Morgan fingerprint density at radius 3 is 2.62 bits per heavy atom. The van der Waals surface area contributed by atoms with Gasteiger partial charge in [-0.1, -0.05) is 0 Å². The molecule has 1 aromatic rings. The van der Waals surface area contributed by atoms with Gasteiger partial charge in [-0.3, -0.25) is 0 Å². The lowest BCUT2D eigenvalue weighted by Gasteiger charge is -2.37. The fraction of sp³-hybridized carbons (Fsp3) is 0.636. The van der Waals surface area contributed by atoms with E-state index in [9.17, 15) is 4.79 Å². The molecule has 0 aliphatic carbocycles. The Hall–Kier alpha value is -1.52. The number of aromatic carboxylic acids is 1. The van der Waals surface area contributed by atoms with Crippen LogP contribution in [0.4, 0.5) is 6.01 Å². The zero-order valence-electron chi connectivity index (χ0n) is 9.51. The van der Waals surface area contributed by atoms with Crippen LogP contribution in [0.5, 0.6) is 0 Å². The third kappa shape index (κ3) is 1.89. The van der Waals surface area contributed by atoms with Crippen LogP contribution in [0.1, 0.15) is 43.6 Å². The summed E-state index contributed by atoms with van der Waals surface area (Å²) in [4.78, 5) is 16.8. The van der Waals surface area contributed by atoms with E-state index >= 15 is 0 Å². The molecule has 1 aliphatic heterocycles. The molecule has 1 aliphatic rings. The van der Waals surface area contributed by atoms with Crippen molar-refractivity contribution in [2.24, 2.45) is 0 Å². The Kier molecular flexibility index (Phi) is 2.85. The lowest BCUT2D eigenvalue weighted by Crippen LogP contribution is -2.44. The van der Waals surface area contributed by atoms with Gasteiger partial charge in [-0.15, -0.1) is 0 Å². The number of carboxylic acids is 1. The van der Waals surface area contributed by atoms with Gasteiger partial charge in [-0.25, -0.2) is 4.79 Å². The van der Waals surface area contributed by atoms with Crippen LogP contribution in [-0.2, 0) is 0 Å². The van der Waals surface area contributed by atoms with E-state index in [-0.39, 0.29) is 5.69 Å². The van der Waals surface area contributed by atoms with Crippen molar-refractivity contribution < 1.29 is 14.3 Å². The van der Waals surface area contributed by atoms with Crippen LogP contribution in [0.2, 0.25) is 0 Å². The van der Waals surface area contributed by atoms with Crippen molar-refractivity contribution in [1.82, 2.24) is 4.98 Å². The number of carboxylic acid groups (broad SMARTS) is 1. The number of hydrogen-bond acceptors (Lipinski definition) is 4. The van der Waals surface area contributed by atoms with Gasteiger partial charge >= 0.3 is 5.97 Å². The van der Waals surface area contributed by atoms with E-state index in [2.05, 4.69) is 23.7 Å². The average molecular weight is 224 g/mol. The minimum Gasteiger partial charge on any atom is -0.476 e. The van der Waals surface area contributed by atoms with Gasteiger partial charge in [-0.2, -0.15) is 4.98 Å². The molecule has 0 amide bonds. The molecule has 0 saturated carbocycles. The van der Waals surface area contributed by atoms with E-state index in [4.69, 9.17) is 9.52 Å². The second-order valence-corrected chi connectivity index (χ2v) is 4.36. The Bertz CT molecular complexity index is 378. The molecule has 2 heterocycles. The first-order valence-electron chi connectivity index (χ1n) is 5.56. The van der Waals surface area contributed by atoms with Gasteiger partial charge in [0.2, 0.25) is 0 Å². The van der Waals surface area contributed by atoms with Gasteiger partial charge < -0.3 is 14.4 Å². The third-order valence-electron chi connectivity index (χ3n) is 3.13. The highest BCUT2D eigenvalue weighted by atomic mass is 16.4. The Morgan fingerprint density at radius 2 is 2.12 bits per heavy atom. The maximum atomic E-state index is 10.7. The molecule has 0 bridgehead atoms. The van der Waals surface area contributed by atoms with E-state index in [0.29, 0.717) is 18.1 Å². The zero-order valence-corrected chi connectivity index (χ0v) is 9.51. The van der Waals surface area contributed by atoms with Crippen LogP contribution < -0.4 is 4.90 Å². The number of nitrogens with zero attached hydrogens (tertiary/aromatic N) is 2. The monoisotopic (exact) mass is 224 g/mol. The van der Waals surface area contributed by atoms with Crippen LogP contribution >= 0.6 is 0 Å². The van der Waals surface area contributed by atoms with Gasteiger partial charge in [0.15, 0.2) is 5.69 Å². The van der Waals surface area contributed by atoms with Crippen molar-refractivity contribution >= 4 is 12.0 Å². The molecule has 1 N–H and O–H groups in total. The molecule has 88 valence electrons. The molecule has 5 nitrogen and oxygen atoms in total. The maximum Gasteiger partial charge on any atom is 0.357 e. The highest BCUT2D eigenvalue weighted by Crippen LogP contribution is 2.28. The summed E-state index contributed by atoms with van der Waals surface area (Å²) in [6.07, 6.45) is 4.58. The van der Waals surface area contributed by atoms with Crippen molar-refractivity contribution in [2.75, 3.05) is 4.90 Å². The number of oxazole rings is 1. The van der Waals surface area contributed by atoms with Crippen molar-refractivity contribution in [2.45, 2.75) is 45.2 Å². The summed E-state index contributed by atoms with van der Waals surface area (Å²) in [6, 6.07) is 1.13. The minimum absolute atomic E-state index is 0.0278. The average Bonchev–Trinajstić information content (AvgIpc) is 2.66. The first-order chi connectivity index (χ1) is 7.59. The predicted molar refractivity (Wildman–Crippen MR) is 58.7 cm³/mol. The summed E-state index contributed by atoms with van der Waals surface area (Å²) in [5, 5.41) is 8.79.